The lowest BCUT2D eigenvalue weighted by Crippen LogP contribution is -2.51. The summed E-state index contributed by atoms with van der Waals surface area (Å²) in [7, 11) is 0. The number of carbonyl (C=O) groups excluding carboxylic acids is 2. The van der Waals surface area contributed by atoms with Gasteiger partial charge in [0, 0.05) is 18.4 Å². The zero-order valence-corrected chi connectivity index (χ0v) is 10.3. The summed E-state index contributed by atoms with van der Waals surface area (Å²) in [5.74, 6) is -1.53. The van der Waals surface area contributed by atoms with E-state index in [0.29, 0.717) is 25.2 Å². The number of rotatable bonds is 1. The van der Waals surface area contributed by atoms with Crippen molar-refractivity contribution in [3.63, 3.8) is 0 Å². The molecule has 1 N–H and O–H groups in total. The molecule has 1 aromatic rings. The topological polar surface area (TPSA) is 55.4 Å². The van der Waals surface area contributed by atoms with Crippen molar-refractivity contribution in [1.82, 2.24) is 5.32 Å². The molecule has 0 bridgehead atoms. The highest BCUT2D eigenvalue weighted by Crippen LogP contribution is 2.47. The monoisotopic (exact) mass is 263 g/mol. The lowest BCUT2D eigenvalue weighted by atomic mass is 9.67. The van der Waals surface area contributed by atoms with Gasteiger partial charge in [-0.25, -0.2) is 4.39 Å². The zero-order valence-electron chi connectivity index (χ0n) is 10.3. The van der Waals surface area contributed by atoms with Gasteiger partial charge in [-0.3, -0.25) is 14.9 Å². The summed E-state index contributed by atoms with van der Waals surface area (Å²) >= 11 is 0. The van der Waals surface area contributed by atoms with E-state index in [1.54, 1.807) is 12.1 Å². The summed E-state index contributed by atoms with van der Waals surface area (Å²) in [5.41, 5.74) is 0.0863. The Balaban J connectivity index is 2.05. The van der Waals surface area contributed by atoms with E-state index >= 15 is 0 Å². The van der Waals surface area contributed by atoms with Crippen LogP contribution in [0.25, 0.3) is 0 Å². The fourth-order valence-corrected chi connectivity index (χ4v) is 3.13. The molecule has 2 heterocycles. The Kier molecular flexibility index (Phi) is 2.86. The molecule has 0 saturated carbocycles. The van der Waals surface area contributed by atoms with E-state index in [2.05, 4.69) is 5.32 Å². The predicted octanol–water partition coefficient (Wildman–Crippen LogP) is 1.36. The first-order valence-corrected chi connectivity index (χ1v) is 6.28. The van der Waals surface area contributed by atoms with Crippen molar-refractivity contribution in [2.24, 2.45) is 5.41 Å². The minimum absolute atomic E-state index is 0.250. The minimum Gasteiger partial charge on any atom is -0.381 e. The summed E-state index contributed by atoms with van der Waals surface area (Å²) in [6.45, 7) is 0.902. The van der Waals surface area contributed by atoms with Crippen LogP contribution in [0.15, 0.2) is 24.3 Å². The average molecular weight is 263 g/mol. The Hall–Kier alpha value is -1.75. The second kappa shape index (κ2) is 4.42. The van der Waals surface area contributed by atoms with Crippen molar-refractivity contribution < 1.29 is 18.7 Å². The van der Waals surface area contributed by atoms with Gasteiger partial charge in [-0.15, -0.1) is 0 Å². The number of piperidine rings is 1. The van der Waals surface area contributed by atoms with Gasteiger partial charge in [0.1, 0.15) is 5.82 Å². The first-order chi connectivity index (χ1) is 9.11. The van der Waals surface area contributed by atoms with Crippen LogP contribution in [-0.4, -0.2) is 25.0 Å². The van der Waals surface area contributed by atoms with Crippen LogP contribution in [0.1, 0.15) is 24.3 Å². The van der Waals surface area contributed by atoms with E-state index in [4.69, 9.17) is 4.74 Å². The van der Waals surface area contributed by atoms with Crippen LogP contribution in [0.5, 0.6) is 0 Å². The molecule has 2 aliphatic heterocycles. The standard InChI is InChI=1S/C14H14FNO3/c15-10-3-1-2-9(6-10)12-13(18)16-11(17)7-14(12)4-5-19-8-14/h1-3,6,12H,4-5,7-8H2,(H,16,17,18). The van der Waals surface area contributed by atoms with Crippen LogP contribution >= 0.6 is 0 Å². The maximum Gasteiger partial charge on any atom is 0.234 e. The third kappa shape index (κ3) is 2.04. The normalized spacial score (nSPS) is 30.7. The Bertz CT molecular complexity index is 537. The van der Waals surface area contributed by atoms with Crippen molar-refractivity contribution in [3.05, 3.63) is 35.6 Å². The van der Waals surface area contributed by atoms with Crippen LogP contribution in [0.4, 0.5) is 4.39 Å². The molecule has 0 aromatic heterocycles. The van der Waals surface area contributed by atoms with Gasteiger partial charge in [0.2, 0.25) is 11.8 Å². The van der Waals surface area contributed by atoms with Gasteiger partial charge >= 0.3 is 0 Å². The largest absolute Gasteiger partial charge is 0.381 e. The molecule has 0 radical (unpaired) electrons. The first kappa shape index (κ1) is 12.3. The molecule has 19 heavy (non-hydrogen) atoms. The zero-order chi connectivity index (χ0) is 13.5. The number of benzene rings is 1. The van der Waals surface area contributed by atoms with Gasteiger partial charge in [0.05, 0.1) is 12.5 Å². The average Bonchev–Trinajstić information content (AvgIpc) is 2.76. The molecular formula is C14H14FNO3. The first-order valence-electron chi connectivity index (χ1n) is 6.28. The van der Waals surface area contributed by atoms with E-state index in [1.807, 2.05) is 0 Å². The molecular weight excluding hydrogens is 249 g/mol. The number of halogens is 1. The van der Waals surface area contributed by atoms with E-state index in [-0.39, 0.29) is 24.1 Å². The van der Waals surface area contributed by atoms with E-state index < -0.39 is 11.3 Å². The molecule has 2 unspecified atom stereocenters. The Labute approximate surface area is 109 Å². The number of nitrogens with one attached hydrogen (secondary N) is 1. The fourth-order valence-electron chi connectivity index (χ4n) is 3.13. The maximum absolute atomic E-state index is 13.4. The van der Waals surface area contributed by atoms with Gasteiger partial charge in [-0.2, -0.15) is 0 Å². The van der Waals surface area contributed by atoms with Crippen molar-refractivity contribution in [2.75, 3.05) is 13.2 Å². The molecule has 2 amide bonds. The van der Waals surface area contributed by atoms with E-state index in [1.165, 1.54) is 12.1 Å². The van der Waals surface area contributed by atoms with Crippen LogP contribution in [-0.2, 0) is 14.3 Å². The van der Waals surface area contributed by atoms with Gasteiger partial charge in [-0.05, 0) is 24.1 Å². The summed E-state index contributed by atoms with van der Waals surface area (Å²) in [5, 5.41) is 2.34. The number of carbonyl (C=O) groups is 2. The number of amides is 2. The molecule has 2 saturated heterocycles. The number of imide groups is 1. The summed E-state index contributed by atoms with van der Waals surface area (Å²) in [6, 6.07) is 6.01. The molecule has 2 atom stereocenters. The van der Waals surface area contributed by atoms with Crippen molar-refractivity contribution >= 4 is 11.8 Å². The molecule has 1 spiro atoms. The van der Waals surface area contributed by atoms with Crippen LogP contribution in [0.3, 0.4) is 0 Å². The van der Waals surface area contributed by atoms with Crippen molar-refractivity contribution in [1.29, 1.82) is 0 Å². The molecule has 100 valence electrons. The van der Waals surface area contributed by atoms with E-state index in [0.717, 1.165) is 0 Å². The highest BCUT2D eigenvalue weighted by Gasteiger charge is 2.51. The maximum atomic E-state index is 13.4. The predicted molar refractivity (Wildman–Crippen MR) is 64.8 cm³/mol. The second-order valence-corrected chi connectivity index (χ2v) is 5.24. The number of ether oxygens (including phenoxy) is 1. The van der Waals surface area contributed by atoms with Crippen molar-refractivity contribution in [2.45, 2.75) is 18.8 Å². The SMILES string of the molecule is O=C1CC2(CCOC2)C(c2cccc(F)c2)C(=O)N1. The quantitative estimate of drug-likeness (QED) is 0.778. The number of hydrogen-bond donors (Lipinski definition) is 1. The smallest absolute Gasteiger partial charge is 0.234 e. The molecule has 4 nitrogen and oxygen atoms in total. The Morgan fingerprint density at radius 1 is 1.37 bits per heavy atom. The van der Waals surface area contributed by atoms with Gasteiger partial charge in [0.15, 0.2) is 0 Å². The molecule has 1 aromatic carbocycles. The molecule has 5 heteroatoms. The van der Waals surface area contributed by atoms with Crippen molar-refractivity contribution in [3.8, 4) is 0 Å². The molecule has 2 fully saturated rings. The van der Waals surface area contributed by atoms with Gasteiger partial charge in [-0.1, -0.05) is 12.1 Å². The summed E-state index contributed by atoms with van der Waals surface area (Å²) < 4.78 is 18.8. The molecule has 0 aliphatic carbocycles. The lowest BCUT2D eigenvalue weighted by molar-refractivity contribution is -0.140. The summed E-state index contributed by atoms with van der Waals surface area (Å²) in [6.07, 6.45) is 0.896. The highest BCUT2D eigenvalue weighted by atomic mass is 19.1. The fraction of sp³-hybridized carbons (Fsp3) is 0.429. The summed E-state index contributed by atoms with van der Waals surface area (Å²) in [4.78, 5) is 23.8. The molecule has 2 aliphatic rings. The van der Waals surface area contributed by atoms with Crippen LogP contribution < -0.4 is 5.32 Å². The Morgan fingerprint density at radius 3 is 2.89 bits per heavy atom. The second-order valence-electron chi connectivity index (χ2n) is 5.24. The van der Waals surface area contributed by atoms with Crippen LogP contribution in [0.2, 0.25) is 0 Å². The highest BCUT2D eigenvalue weighted by molar-refractivity contribution is 6.02. The Morgan fingerprint density at radius 2 is 2.21 bits per heavy atom. The van der Waals surface area contributed by atoms with Gasteiger partial charge in [0.25, 0.3) is 0 Å². The molecule has 3 rings (SSSR count). The van der Waals surface area contributed by atoms with Crippen LogP contribution in [0, 0.1) is 11.2 Å². The van der Waals surface area contributed by atoms with E-state index in [9.17, 15) is 14.0 Å². The lowest BCUT2D eigenvalue weighted by Gasteiger charge is -2.38. The third-order valence-electron chi connectivity index (χ3n) is 3.97. The minimum atomic E-state index is -0.525. The van der Waals surface area contributed by atoms with Gasteiger partial charge < -0.3 is 4.74 Å². The number of hydrogen-bond acceptors (Lipinski definition) is 3. The third-order valence-corrected chi connectivity index (χ3v) is 3.97.